The fourth-order valence-corrected chi connectivity index (χ4v) is 4.17. The number of ether oxygens (including phenoxy) is 1. The first-order chi connectivity index (χ1) is 13.7. The van der Waals surface area contributed by atoms with Crippen LogP contribution in [0.1, 0.15) is 20.8 Å². The molecule has 1 amide bonds. The molecule has 0 bridgehead atoms. The highest BCUT2D eigenvalue weighted by atomic mass is 32.1. The van der Waals surface area contributed by atoms with Crippen molar-refractivity contribution in [1.29, 1.82) is 0 Å². The third kappa shape index (κ3) is 4.24. The molecule has 1 aromatic heterocycles. The predicted octanol–water partition coefficient (Wildman–Crippen LogP) is 3.89. The molecule has 1 aliphatic heterocycles. The molecule has 3 aromatic rings. The summed E-state index contributed by atoms with van der Waals surface area (Å²) >= 11 is 1.46. The van der Waals surface area contributed by atoms with E-state index in [2.05, 4.69) is 29.3 Å². The number of hydrogen-bond donors (Lipinski definition) is 1. The lowest BCUT2D eigenvalue weighted by Crippen LogP contribution is -2.36. The van der Waals surface area contributed by atoms with Gasteiger partial charge >= 0.3 is 0 Å². The van der Waals surface area contributed by atoms with Gasteiger partial charge in [-0.3, -0.25) is 4.79 Å². The minimum atomic E-state index is -0.0866. The van der Waals surface area contributed by atoms with E-state index in [1.54, 1.807) is 0 Å². The fraction of sp³-hybridized carbons (Fsp3) is 0.273. The van der Waals surface area contributed by atoms with E-state index in [0.29, 0.717) is 24.6 Å². The Morgan fingerprint density at radius 3 is 2.54 bits per heavy atom. The van der Waals surface area contributed by atoms with Crippen LogP contribution in [0.3, 0.4) is 0 Å². The maximum Gasteiger partial charge on any atom is 0.264 e. The summed E-state index contributed by atoms with van der Waals surface area (Å²) in [6.45, 7) is 5.52. The average molecular weight is 394 g/mol. The molecule has 144 valence electrons. The number of benzene rings is 2. The van der Waals surface area contributed by atoms with E-state index >= 15 is 0 Å². The van der Waals surface area contributed by atoms with Gasteiger partial charge < -0.3 is 15.0 Å². The summed E-state index contributed by atoms with van der Waals surface area (Å²) in [6, 6.07) is 18.1. The molecule has 0 radical (unpaired) electrons. The van der Waals surface area contributed by atoms with Gasteiger partial charge in [-0.25, -0.2) is 4.98 Å². The van der Waals surface area contributed by atoms with Gasteiger partial charge in [0, 0.05) is 25.2 Å². The van der Waals surface area contributed by atoms with Crippen molar-refractivity contribution in [1.82, 2.24) is 10.3 Å². The van der Waals surface area contributed by atoms with Gasteiger partial charge in [0.15, 0.2) is 5.13 Å². The van der Waals surface area contributed by atoms with Crippen LogP contribution in [0.25, 0.3) is 11.3 Å². The summed E-state index contributed by atoms with van der Waals surface area (Å²) in [5.74, 6) is -0.0866. The number of aryl methyl sites for hydroxylation is 1. The normalized spacial score (nSPS) is 14.1. The van der Waals surface area contributed by atoms with Gasteiger partial charge in [0.05, 0.1) is 18.9 Å². The van der Waals surface area contributed by atoms with Crippen LogP contribution in [0.2, 0.25) is 0 Å². The van der Waals surface area contributed by atoms with Crippen molar-refractivity contribution in [2.24, 2.45) is 0 Å². The molecule has 1 aliphatic rings. The van der Waals surface area contributed by atoms with Crippen molar-refractivity contribution >= 4 is 22.4 Å². The second-order valence-electron chi connectivity index (χ2n) is 6.81. The van der Waals surface area contributed by atoms with Gasteiger partial charge in [0.2, 0.25) is 0 Å². The highest BCUT2D eigenvalue weighted by Crippen LogP contribution is 2.33. The van der Waals surface area contributed by atoms with Gasteiger partial charge in [0.1, 0.15) is 4.88 Å². The Labute approximate surface area is 169 Å². The largest absolute Gasteiger partial charge is 0.378 e. The number of nitrogens with zero attached hydrogens (tertiary/aromatic N) is 2. The van der Waals surface area contributed by atoms with E-state index < -0.39 is 0 Å². The zero-order valence-electron chi connectivity index (χ0n) is 15.9. The lowest BCUT2D eigenvalue weighted by atomic mass is 10.1. The second-order valence-corrected chi connectivity index (χ2v) is 7.79. The number of thiazole rings is 1. The smallest absolute Gasteiger partial charge is 0.264 e. The highest BCUT2D eigenvalue weighted by Gasteiger charge is 2.23. The molecule has 5 nitrogen and oxygen atoms in total. The summed E-state index contributed by atoms with van der Waals surface area (Å²) in [4.78, 5) is 20.7. The first-order valence-electron chi connectivity index (χ1n) is 9.43. The van der Waals surface area contributed by atoms with Gasteiger partial charge in [-0.2, -0.15) is 0 Å². The van der Waals surface area contributed by atoms with Crippen molar-refractivity contribution in [3.63, 3.8) is 0 Å². The number of anilines is 1. The molecule has 0 aliphatic carbocycles. The zero-order chi connectivity index (χ0) is 19.3. The van der Waals surface area contributed by atoms with Crippen LogP contribution in [0, 0.1) is 6.92 Å². The molecule has 0 atom stereocenters. The summed E-state index contributed by atoms with van der Waals surface area (Å²) in [5.41, 5.74) is 3.97. The molecule has 4 rings (SSSR count). The molecule has 6 heteroatoms. The van der Waals surface area contributed by atoms with E-state index in [9.17, 15) is 4.79 Å². The number of rotatable bonds is 5. The van der Waals surface area contributed by atoms with Crippen LogP contribution in [0.5, 0.6) is 0 Å². The highest BCUT2D eigenvalue weighted by molar-refractivity contribution is 7.18. The van der Waals surface area contributed by atoms with Crippen molar-refractivity contribution in [2.45, 2.75) is 13.5 Å². The van der Waals surface area contributed by atoms with E-state index in [-0.39, 0.29) is 5.91 Å². The molecule has 28 heavy (non-hydrogen) atoms. The minimum Gasteiger partial charge on any atom is -0.378 e. The molecule has 1 N–H and O–H groups in total. The Hall–Kier alpha value is -2.70. The summed E-state index contributed by atoms with van der Waals surface area (Å²) < 4.78 is 5.45. The topological polar surface area (TPSA) is 54.5 Å². The van der Waals surface area contributed by atoms with Crippen LogP contribution >= 0.6 is 11.3 Å². The second kappa shape index (κ2) is 8.54. The van der Waals surface area contributed by atoms with Crippen molar-refractivity contribution in [2.75, 3.05) is 31.2 Å². The van der Waals surface area contributed by atoms with E-state index in [0.717, 1.165) is 35.0 Å². The third-order valence-corrected chi connectivity index (χ3v) is 5.84. The first-order valence-corrected chi connectivity index (χ1v) is 10.2. The third-order valence-electron chi connectivity index (χ3n) is 4.72. The molecular weight excluding hydrogens is 370 g/mol. The summed E-state index contributed by atoms with van der Waals surface area (Å²) in [5, 5.41) is 3.92. The van der Waals surface area contributed by atoms with Gasteiger partial charge in [-0.05, 0) is 12.5 Å². The maximum atomic E-state index is 13.0. The van der Waals surface area contributed by atoms with Gasteiger partial charge in [-0.1, -0.05) is 71.5 Å². The Morgan fingerprint density at radius 2 is 1.82 bits per heavy atom. The molecule has 1 saturated heterocycles. The fourth-order valence-electron chi connectivity index (χ4n) is 3.12. The molecule has 1 fully saturated rings. The quantitative estimate of drug-likeness (QED) is 0.715. The molecule has 0 saturated carbocycles. The van der Waals surface area contributed by atoms with Crippen molar-refractivity contribution in [3.8, 4) is 11.3 Å². The average Bonchev–Trinajstić information content (AvgIpc) is 3.19. The Kier molecular flexibility index (Phi) is 5.69. The van der Waals surface area contributed by atoms with Crippen LogP contribution in [0.15, 0.2) is 54.6 Å². The molecule has 0 unspecified atom stereocenters. The van der Waals surface area contributed by atoms with Crippen LogP contribution in [-0.4, -0.2) is 37.2 Å². The number of morpholine rings is 1. The van der Waals surface area contributed by atoms with Crippen molar-refractivity contribution in [3.05, 3.63) is 70.6 Å². The molecular formula is C22H23N3O2S. The molecule has 2 aromatic carbocycles. The SMILES string of the molecule is Cc1ccc(-c2nc(N3CCOCC3)sc2C(=O)NCc2ccccc2)cc1. The molecule has 2 heterocycles. The van der Waals surface area contributed by atoms with Gasteiger partial charge in [0.25, 0.3) is 5.91 Å². The summed E-state index contributed by atoms with van der Waals surface area (Å²) in [7, 11) is 0. The number of aromatic nitrogens is 1. The van der Waals surface area contributed by atoms with Crippen LogP contribution < -0.4 is 10.2 Å². The maximum absolute atomic E-state index is 13.0. The van der Waals surface area contributed by atoms with Gasteiger partial charge in [-0.15, -0.1) is 0 Å². The minimum absolute atomic E-state index is 0.0866. The number of carbonyl (C=O) groups is 1. The van der Waals surface area contributed by atoms with Crippen molar-refractivity contribution < 1.29 is 9.53 Å². The Balaban J connectivity index is 1.62. The Morgan fingerprint density at radius 1 is 1.11 bits per heavy atom. The van der Waals surface area contributed by atoms with E-state index in [4.69, 9.17) is 9.72 Å². The van der Waals surface area contributed by atoms with Crippen LogP contribution in [-0.2, 0) is 11.3 Å². The number of nitrogens with one attached hydrogen (secondary N) is 1. The number of hydrogen-bond acceptors (Lipinski definition) is 5. The lowest BCUT2D eigenvalue weighted by molar-refractivity contribution is 0.0955. The lowest BCUT2D eigenvalue weighted by Gasteiger charge is -2.26. The summed E-state index contributed by atoms with van der Waals surface area (Å²) in [6.07, 6.45) is 0. The monoisotopic (exact) mass is 393 g/mol. The first kappa shape index (κ1) is 18.7. The van der Waals surface area contributed by atoms with E-state index in [1.807, 2.05) is 42.5 Å². The van der Waals surface area contributed by atoms with E-state index in [1.165, 1.54) is 16.9 Å². The Bertz CT molecular complexity index is 932. The predicted molar refractivity (Wildman–Crippen MR) is 113 cm³/mol. The zero-order valence-corrected chi connectivity index (χ0v) is 16.7. The standard InChI is InChI=1S/C22H23N3O2S/c1-16-7-9-18(10-8-16)19-20(21(26)23-15-17-5-3-2-4-6-17)28-22(24-19)25-11-13-27-14-12-25/h2-10H,11-15H2,1H3,(H,23,26). The van der Waals surface area contributed by atoms with Crippen LogP contribution in [0.4, 0.5) is 5.13 Å². The molecule has 0 spiro atoms. The number of carbonyl (C=O) groups excluding carboxylic acids is 1. The number of amides is 1.